The SMILES string of the molecule is O=C1C(c2cc(F)ccc2O)c2ccccc2N1Cc1ccccc1-c1ccccc1. The van der Waals surface area contributed by atoms with E-state index in [1.807, 2.05) is 78.9 Å². The maximum atomic E-state index is 14.0. The van der Waals surface area contributed by atoms with Gasteiger partial charge in [0.15, 0.2) is 0 Å². The fraction of sp³-hybridized carbons (Fsp3) is 0.0741. The van der Waals surface area contributed by atoms with Crippen molar-refractivity contribution < 1.29 is 14.3 Å². The zero-order valence-corrected chi connectivity index (χ0v) is 16.7. The van der Waals surface area contributed by atoms with Gasteiger partial charge in [-0.3, -0.25) is 4.79 Å². The van der Waals surface area contributed by atoms with E-state index in [9.17, 15) is 14.3 Å². The number of amides is 1. The molecular formula is C27H20FNO2. The number of anilines is 1. The predicted molar refractivity (Wildman–Crippen MR) is 119 cm³/mol. The standard InChI is InChI=1S/C27H20FNO2/c28-20-14-15-25(30)23(16-20)26-22-12-6-7-13-24(22)29(27(26)31)17-19-10-4-5-11-21(19)18-8-2-1-3-9-18/h1-16,26,30H,17H2. The molecule has 0 aromatic heterocycles. The van der Waals surface area contributed by atoms with Crippen LogP contribution in [0.2, 0.25) is 0 Å². The van der Waals surface area contributed by atoms with Gasteiger partial charge in [0.2, 0.25) is 5.91 Å². The number of benzene rings is 4. The normalized spacial score (nSPS) is 15.2. The highest BCUT2D eigenvalue weighted by atomic mass is 19.1. The van der Waals surface area contributed by atoms with Crippen LogP contribution in [-0.4, -0.2) is 11.0 Å². The van der Waals surface area contributed by atoms with Gasteiger partial charge in [-0.2, -0.15) is 0 Å². The second kappa shape index (κ2) is 7.73. The Hall–Kier alpha value is -3.92. The van der Waals surface area contributed by atoms with Gasteiger partial charge in [-0.1, -0.05) is 72.8 Å². The number of phenols is 1. The number of phenolic OH excluding ortho intramolecular Hbond substituents is 1. The first kappa shape index (κ1) is 19.1. The Balaban J connectivity index is 1.58. The number of hydrogen-bond donors (Lipinski definition) is 1. The van der Waals surface area contributed by atoms with Crippen LogP contribution in [-0.2, 0) is 11.3 Å². The number of carbonyl (C=O) groups excluding carboxylic acids is 1. The molecule has 1 unspecified atom stereocenters. The fourth-order valence-electron chi connectivity index (χ4n) is 4.33. The maximum absolute atomic E-state index is 14.0. The summed E-state index contributed by atoms with van der Waals surface area (Å²) in [6.45, 7) is 0.382. The quantitative estimate of drug-likeness (QED) is 0.457. The molecule has 4 aromatic rings. The maximum Gasteiger partial charge on any atom is 0.239 e. The molecule has 0 fully saturated rings. The highest BCUT2D eigenvalue weighted by Gasteiger charge is 2.39. The molecule has 0 saturated heterocycles. The molecule has 0 saturated carbocycles. The van der Waals surface area contributed by atoms with Gasteiger partial charge < -0.3 is 10.0 Å². The number of halogens is 1. The van der Waals surface area contributed by atoms with E-state index in [0.717, 1.165) is 27.9 Å². The van der Waals surface area contributed by atoms with E-state index in [-0.39, 0.29) is 17.2 Å². The van der Waals surface area contributed by atoms with Crippen LogP contribution in [0.15, 0.2) is 97.1 Å². The van der Waals surface area contributed by atoms with Crippen molar-refractivity contribution in [2.75, 3.05) is 4.90 Å². The van der Waals surface area contributed by atoms with Crippen molar-refractivity contribution in [2.24, 2.45) is 0 Å². The molecular weight excluding hydrogens is 389 g/mol. The summed E-state index contributed by atoms with van der Waals surface area (Å²) >= 11 is 0. The molecule has 4 heteroatoms. The molecule has 1 atom stereocenters. The van der Waals surface area contributed by atoms with E-state index in [1.165, 1.54) is 18.2 Å². The zero-order valence-electron chi connectivity index (χ0n) is 16.7. The third kappa shape index (κ3) is 3.36. The molecule has 1 N–H and O–H groups in total. The van der Waals surface area contributed by atoms with E-state index >= 15 is 0 Å². The first-order chi connectivity index (χ1) is 15.1. The third-order valence-corrected chi connectivity index (χ3v) is 5.78. The van der Waals surface area contributed by atoms with Crippen molar-refractivity contribution in [1.29, 1.82) is 0 Å². The van der Waals surface area contributed by atoms with Crippen LogP contribution in [0, 0.1) is 5.82 Å². The summed E-state index contributed by atoms with van der Waals surface area (Å²) in [5.41, 5.74) is 5.00. The molecule has 1 amide bonds. The van der Waals surface area contributed by atoms with Crippen LogP contribution in [0.4, 0.5) is 10.1 Å². The summed E-state index contributed by atoms with van der Waals surface area (Å²) in [6, 6.07) is 29.3. The number of nitrogens with zero attached hydrogens (tertiary/aromatic N) is 1. The lowest BCUT2D eigenvalue weighted by Gasteiger charge is -2.20. The van der Waals surface area contributed by atoms with Gasteiger partial charge in [0, 0.05) is 11.3 Å². The lowest BCUT2D eigenvalue weighted by atomic mass is 9.92. The van der Waals surface area contributed by atoms with E-state index in [2.05, 4.69) is 0 Å². The third-order valence-electron chi connectivity index (χ3n) is 5.78. The molecule has 0 radical (unpaired) electrons. The summed E-state index contributed by atoms with van der Waals surface area (Å²) in [5, 5.41) is 10.4. The lowest BCUT2D eigenvalue weighted by Crippen LogP contribution is -2.29. The number of fused-ring (bicyclic) bond motifs is 1. The molecule has 1 aliphatic heterocycles. The highest BCUT2D eigenvalue weighted by Crippen LogP contribution is 2.44. The van der Waals surface area contributed by atoms with Crippen LogP contribution in [0.5, 0.6) is 5.75 Å². The Morgan fingerprint density at radius 2 is 1.52 bits per heavy atom. The summed E-state index contributed by atoms with van der Waals surface area (Å²) < 4.78 is 14.0. The average Bonchev–Trinajstić information content (AvgIpc) is 3.08. The summed E-state index contributed by atoms with van der Waals surface area (Å²) in [6.07, 6.45) is 0. The van der Waals surface area contributed by atoms with Gasteiger partial charge in [-0.25, -0.2) is 4.39 Å². The molecule has 5 rings (SSSR count). The molecule has 0 spiro atoms. The fourth-order valence-corrected chi connectivity index (χ4v) is 4.33. The van der Waals surface area contributed by atoms with Crippen LogP contribution >= 0.6 is 0 Å². The van der Waals surface area contributed by atoms with Gasteiger partial charge in [0.05, 0.1) is 12.5 Å². The summed E-state index contributed by atoms with van der Waals surface area (Å²) in [4.78, 5) is 15.3. The van der Waals surface area contributed by atoms with Crippen molar-refractivity contribution in [3.63, 3.8) is 0 Å². The van der Waals surface area contributed by atoms with Crippen LogP contribution in [0.1, 0.15) is 22.6 Å². The number of aromatic hydroxyl groups is 1. The molecule has 31 heavy (non-hydrogen) atoms. The molecule has 0 bridgehead atoms. The van der Waals surface area contributed by atoms with Crippen molar-refractivity contribution >= 4 is 11.6 Å². The predicted octanol–water partition coefficient (Wildman–Crippen LogP) is 5.88. The highest BCUT2D eigenvalue weighted by molar-refractivity contribution is 6.07. The molecule has 3 nitrogen and oxygen atoms in total. The monoisotopic (exact) mass is 409 g/mol. The minimum atomic E-state index is -0.740. The number of hydrogen-bond acceptors (Lipinski definition) is 2. The largest absolute Gasteiger partial charge is 0.508 e. The van der Waals surface area contributed by atoms with E-state index < -0.39 is 11.7 Å². The Bertz CT molecular complexity index is 1270. The van der Waals surface area contributed by atoms with Gasteiger partial charge >= 0.3 is 0 Å². The van der Waals surface area contributed by atoms with Gasteiger partial charge in [0.25, 0.3) is 0 Å². The van der Waals surface area contributed by atoms with Crippen molar-refractivity contribution in [3.8, 4) is 16.9 Å². The molecule has 152 valence electrons. The van der Waals surface area contributed by atoms with Gasteiger partial charge in [-0.05, 0) is 46.5 Å². The number of carbonyl (C=O) groups is 1. The Morgan fingerprint density at radius 1 is 0.806 bits per heavy atom. The summed E-state index contributed by atoms with van der Waals surface area (Å²) in [7, 11) is 0. The second-order valence-corrected chi connectivity index (χ2v) is 7.64. The lowest BCUT2D eigenvalue weighted by molar-refractivity contribution is -0.118. The van der Waals surface area contributed by atoms with E-state index in [1.54, 1.807) is 4.90 Å². The first-order valence-electron chi connectivity index (χ1n) is 10.2. The minimum absolute atomic E-state index is 0.0823. The second-order valence-electron chi connectivity index (χ2n) is 7.64. The Labute approximate surface area is 180 Å². The number of rotatable bonds is 4. The average molecular weight is 409 g/mol. The minimum Gasteiger partial charge on any atom is -0.508 e. The zero-order chi connectivity index (χ0) is 21.4. The molecule has 1 heterocycles. The first-order valence-corrected chi connectivity index (χ1v) is 10.2. The Kier molecular flexibility index (Phi) is 4.75. The van der Waals surface area contributed by atoms with Crippen molar-refractivity contribution in [1.82, 2.24) is 0 Å². The molecule has 1 aliphatic rings. The topological polar surface area (TPSA) is 40.5 Å². The summed E-state index contributed by atoms with van der Waals surface area (Å²) in [5.74, 6) is -1.48. The van der Waals surface area contributed by atoms with Crippen LogP contribution in [0.3, 0.4) is 0 Å². The Morgan fingerprint density at radius 3 is 2.35 bits per heavy atom. The number of para-hydroxylation sites is 1. The molecule has 4 aromatic carbocycles. The van der Waals surface area contributed by atoms with Crippen molar-refractivity contribution in [3.05, 3.63) is 120 Å². The smallest absolute Gasteiger partial charge is 0.239 e. The van der Waals surface area contributed by atoms with Crippen LogP contribution < -0.4 is 4.90 Å². The van der Waals surface area contributed by atoms with E-state index in [0.29, 0.717) is 6.54 Å². The van der Waals surface area contributed by atoms with Crippen molar-refractivity contribution in [2.45, 2.75) is 12.5 Å². The van der Waals surface area contributed by atoms with Gasteiger partial charge in [-0.15, -0.1) is 0 Å². The van der Waals surface area contributed by atoms with E-state index in [4.69, 9.17) is 0 Å². The van der Waals surface area contributed by atoms with Crippen LogP contribution in [0.25, 0.3) is 11.1 Å². The van der Waals surface area contributed by atoms with Gasteiger partial charge in [0.1, 0.15) is 11.6 Å². The molecule has 0 aliphatic carbocycles.